The first-order valence-electron chi connectivity index (χ1n) is 14.5. The van der Waals surface area contributed by atoms with Crippen LogP contribution in [0.15, 0.2) is 0 Å². The number of carboxylic acids is 1. The van der Waals surface area contributed by atoms with E-state index in [0.29, 0.717) is 12.8 Å². The second-order valence-electron chi connectivity index (χ2n) is 11.6. The van der Waals surface area contributed by atoms with Crippen LogP contribution in [-0.4, -0.2) is 57.2 Å². The molecule has 33 heavy (non-hydrogen) atoms. The van der Waals surface area contributed by atoms with E-state index in [1.54, 1.807) is 0 Å². The molecule has 0 saturated heterocycles. The van der Waals surface area contributed by atoms with Gasteiger partial charge >= 0.3 is 5.97 Å². The molecule has 0 spiro atoms. The Morgan fingerprint density at radius 1 is 1.15 bits per heavy atom. The van der Waals surface area contributed by atoms with Crippen LogP contribution in [0.4, 0.5) is 0 Å². The maximum absolute atomic E-state index is 12.1. The number of carbonyl (C=O) groups excluding carboxylic acids is 1. The fourth-order valence-corrected chi connectivity index (χ4v) is 8.26. The van der Waals surface area contributed by atoms with Crippen molar-refractivity contribution in [3.05, 3.63) is 0 Å². The van der Waals surface area contributed by atoms with Crippen LogP contribution in [0.25, 0.3) is 0 Å². The Hall–Kier alpha value is -1.18. The zero-order chi connectivity index (χ0) is 27.7. The van der Waals surface area contributed by atoms with E-state index in [9.17, 15) is 24.9 Å². The van der Waals surface area contributed by atoms with E-state index in [-0.39, 0.29) is 54.8 Å². The number of aliphatic hydroxyl groups is 3. The summed E-state index contributed by atoms with van der Waals surface area (Å²) >= 11 is 0. The molecule has 0 aromatic heterocycles. The molecule has 0 bridgehead atoms. The van der Waals surface area contributed by atoms with Gasteiger partial charge in [0.25, 0.3) is 0 Å². The molecular weight excluding hydrogens is 422 g/mol. The molecule has 0 heterocycles. The Morgan fingerprint density at radius 2 is 1.88 bits per heavy atom. The fraction of sp³-hybridized carbons (Fsp3) is 0.923. The van der Waals surface area contributed by atoms with Crippen LogP contribution in [0.2, 0.25) is 0 Å². The zero-order valence-electron chi connectivity index (χ0n) is 24.0. The molecule has 4 aliphatic carbocycles. The van der Waals surface area contributed by atoms with E-state index in [2.05, 4.69) is 19.2 Å². The summed E-state index contributed by atoms with van der Waals surface area (Å²) < 4.78 is 34.1. The number of aliphatic carboxylic acids is 1. The van der Waals surface area contributed by atoms with Crippen LogP contribution in [0, 0.1) is 46.3 Å². The van der Waals surface area contributed by atoms with Gasteiger partial charge in [0.2, 0.25) is 5.91 Å². The monoisotopic (exact) mass is 469 g/mol. The molecule has 4 fully saturated rings. The molecule has 4 rings (SSSR count). The molecule has 5 N–H and O–H groups in total. The number of rotatable bonds is 6. The van der Waals surface area contributed by atoms with Crippen LogP contribution < -0.4 is 5.32 Å². The van der Waals surface area contributed by atoms with Crippen molar-refractivity contribution in [2.75, 3.05) is 6.54 Å². The quantitative estimate of drug-likeness (QED) is 0.407. The molecule has 7 nitrogen and oxygen atoms in total. The third kappa shape index (κ3) is 4.23. The van der Waals surface area contributed by atoms with Crippen LogP contribution in [-0.2, 0) is 9.59 Å². The lowest BCUT2D eigenvalue weighted by Gasteiger charge is -2.63. The van der Waals surface area contributed by atoms with E-state index >= 15 is 0 Å². The number of carboxylic acid groups (broad SMARTS) is 1. The Morgan fingerprint density at radius 3 is 2.58 bits per heavy atom. The molecule has 0 aromatic carbocycles. The van der Waals surface area contributed by atoms with Crippen molar-refractivity contribution in [3.63, 3.8) is 0 Å². The minimum atomic E-state index is -2.19. The highest BCUT2D eigenvalue weighted by molar-refractivity contribution is 5.81. The highest BCUT2D eigenvalue weighted by Crippen LogP contribution is 2.68. The van der Waals surface area contributed by atoms with Crippen LogP contribution >= 0.6 is 0 Å². The number of amides is 1. The number of hydrogen-bond acceptors (Lipinski definition) is 5. The highest BCUT2D eigenvalue weighted by Gasteiger charge is 2.65. The number of fused-ring (bicyclic) bond motifs is 5. The smallest absolute Gasteiger partial charge is 0.322 e. The van der Waals surface area contributed by atoms with Gasteiger partial charge in [-0.1, -0.05) is 20.8 Å². The third-order valence-electron chi connectivity index (χ3n) is 10.1. The van der Waals surface area contributed by atoms with E-state index in [0.717, 1.165) is 12.8 Å². The average molecular weight is 470 g/mol. The first-order chi connectivity index (χ1) is 17.0. The molecule has 4 saturated carbocycles. The molecule has 1 amide bonds. The van der Waals surface area contributed by atoms with Crippen molar-refractivity contribution in [2.24, 2.45) is 46.3 Å². The first-order valence-corrected chi connectivity index (χ1v) is 12.5. The van der Waals surface area contributed by atoms with E-state index in [1.807, 2.05) is 6.92 Å². The van der Waals surface area contributed by atoms with E-state index in [4.69, 9.17) is 10.6 Å². The van der Waals surface area contributed by atoms with Gasteiger partial charge in [-0.05, 0) is 97.6 Å². The number of aliphatic hydroxyl groups excluding tert-OH is 3. The lowest BCUT2D eigenvalue weighted by molar-refractivity contribution is -0.207. The summed E-state index contributed by atoms with van der Waals surface area (Å²) in [6.45, 7) is 5.61. The topological polar surface area (TPSA) is 127 Å². The summed E-state index contributed by atoms with van der Waals surface area (Å²) in [5.74, 6) is -2.43. The maximum Gasteiger partial charge on any atom is 0.322 e. The van der Waals surface area contributed by atoms with Crippen molar-refractivity contribution in [3.8, 4) is 0 Å². The predicted octanol–water partition coefficient (Wildman–Crippen LogP) is 2.56. The van der Waals surface area contributed by atoms with Gasteiger partial charge in [0.1, 0.15) is 6.54 Å². The fourth-order valence-electron chi connectivity index (χ4n) is 8.26. The second kappa shape index (κ2) is 9.12. The SMILES string of the molecule is [2H]C1([2H])C[C@]2(C)C3CC(O)[C@]4(C)C(C(C)CCC(=O)NCC(=O)O)CCC4C3C(O)CC2C([2H])([2H])C1O. The molecule has 0 aliphatic heterocycles. The van der Waals surface area contributed by atoms with Gasteiger partial charge in [0, 0.05) is 11.9 Å². The summed E-state index contributed by atoms with van der Waals surface area (Å²) in [5.41, 5.74) is -1.32. The number of hydrogen-bond donors (Lipinski definition) is 5. The molecular formula is C26H43NO6. The summed E-state index contributed by atoms with van der Waals surface area (Å²) in [4.78, 5) is 22.8. The van der Waals surface area contributed by atoms with Crippen molar-refractivity contribution in [2.45, 2.75) is 96.8 Å². The zero-order valence-corrected chi connectivity index (χ0v) is 20.0. The third-order valence-corrected chi connectivity index (χ3v) is 10.1. The number of carbonyl (C=O) groups is 2. The van der Waals surface area contributed by atoms with Gasteiger partial charge in [-0.15, -0.1) is 0 Å². The van der Waals surface area contributed by atoms with Crippen molar-refractivity contribution in [1.82, 2.24) is 5.32 Å². The average Bonchev–Trinajstić information content (AvgIpc) is 3.15. The Kier molecular flexibility index (Phi) is 5.54. The van der Waals surface area contributed by atoms with Crippen LogP contribution in [0.3, 0.4) is 0 Å². The molecule has 11 atom stereocenters. The van der Waals surface area contributed by atoms with Crippen LogP contribution in [0.1, 0.15) is 83.9 Å². The molecule has 9 unspecified atom stereocenters. The largest absolute Gasteiger partial charge is 0.480 e. The van der Waals surface area contributed by atoms with Gasteiger partial charge in [0.05, 0.1) is 18.3 Å². The lowest BCUT2D eigenvalue weighted by Crippen LogP contribution is -2.62. The standard InChI is InChI=1S/C26H43NO6/c1-14(4-7-22(31)27-13-23(32)33)17-5-6-18-24-19(12-21(30)26(17,18)3)25(2)9-8-16(28)10-15(25)11-20(24)29/h14-21,24,28-30H,4-13H2,1-3H3,(H,27,31)(H,32,33)/t14?,15?,16?,17?,18?,19?,20?,21?,24?,25-,26+/m0/s1/i8D2,10D2. The first kappa shape index (κ1) is 20.1. The number of nitrogens with one attached hydrogen (secondary N) is 1. The summed E-state index contributed by atoms with van der Waals surface area (Å²) in [6.07, 6.45) is -4.75. The Labute approximate surface area is 203 Å². The van der Waals surface area contributed by atoms with Crippen molar-refractivity contribution >= 4 is 11.9 Å². The Balaban J connectivity index is 1.57. The highest BCUT2D eigenvalue weighted by atomic mass is 16.4. The predicted molar refractivity (Wildman–Crippen MR) is 123 cm³/mol. The van der Waals surface area contributed by atoms with Gasteiger partial charge in [-0.25, -0.2) is 0 Å². The molecule has 0 aromatic rings. The van der Waals surface area contributed by atoms with E-state index < -0.39 is 60.3 Å². The molecule has 4 aliphatic rings. The summed E-state index contributed by atoms with van der Waals surface area (Å²) in [7, 11) is 0. The minimum absolute atomic E-state index is 0.0132. The second-order valence-corrected chi connectivity index (χ2v) is 11.6. The molecule has 188 valence electrons. The summed E-state index contributed by atoms with van der Waals surface area (Å²) in [5, 5.41) is 44.8. The van der Waals surface area contributed by atoms with Gasteiger partial charge in [-0.2, -0.15) is 0 Å². The van der Waals surface area contributed by atoms with Crippen molar-refractivity contribution in [1.29, 1.82) is 0 Å². The maximum atomic E-state index is 12.1. The van der Waals surface area contributed by atoms with Gasteiger partial charge < -0.3 is 25.7 Å². The Bertz CT molecular complexity index is 919. The van der Waals surface area contributed by atoms with Crippen LogP contribution in [0.5, 0.6) is 0 Å². The van der Waals surface area contributed by atoms with Crippen molar-refractivity contribution < 1.29 is 35.5 Å². The normalized spacial score (nSPS) is 52.5. The lowest BCUT2D eigenvalue weighted by atomic mass is 9.43. The van der Waals surface area contributed by atoms with Gasteiger partial charge in [-0.3, -0.25) is 9.59 Å². The summed E-state index contributed by atoms with van der Waals surface area (Å²) in [6, 6.07) is 0. The minimum Gasteiger partial charge on any atom is -0.480 e. The van der Waals surface area contributed by atoms with E-state index in [1.165, 1.54) is 0 Å². The molecule has 7 heteroatoms. The van der Waals surface area contributed by atoms with Gasteiger partial charge in [0.15, 0.2) is 0 Å². The molecule has 0 radical (unpaired) electrons.